The summed E-state index contributed by atoms with van der Waals surface area (Å²) in [5.74, 6) is 1.83. The fourth-order valence-corrected chi connectivity index (χ4v) is 7.29. The van der Waals surface area contributed by atoms with Crippen LogP contribution in [0.4, 0.5) is 0 Å². The first kappa shape index (κ1) is 29.0. The van der Waals surface area contributed by atoms with Crippen LogP contribution in [0.15, 0.2) is 180 Å². The number of hydrogen-bond acceptors (Lipinski definition) is 4. The van der Waals surface area contributed by atoms with E-state index in [4.69, 9.17) is 19.4 Å². The van der Waals surface area contributed by atoms with Gasteiger partial charge >= 0.3 is 0 Å². The highest BCUT2D eigenvalue weighted by atomic mass is 16.3. The number of aromatic nitrogens is 3. The van der Waals surface area contributed by atoms with Gasteiger partial charge in [-0.15, -0.1) is 0 Å². The third-order valence-electron chi connectivity index (χ3n) is 9.74. The van der Waals surface area contributed by atoms with E-state index >= 15 is 0 Å². The molecule has 0 spiro atoms. The Hall–Kier alpha value is -6.91. The molecule has 0 saturated carbocycles. The topological polar surface area (TPSA) is 51.8 Å². The normalized spacial score (nSPS) is 11.5. The molecule has 2 heterocycles. The molecule has 0 aliphatic rings. The Morgan fingerprint density at radius 3 is 1.59 bits per heavy atom. The van der Waals surface area contributed by atoms with Gasteiger partial charge in [0, 0.05) is 33.0 Å². The third kappa shape index (κ3) is 4.96. The van der Waals surface area contributed by atoms with Crippen molar-refractivity contribution in [3.05, 3.63) is 176 Å². The average molecular weight is 652 g/mol. The Morgan fingerprint density at radius 2 is 0.843 bits per heavy atom. The fraction of sp³-hybridized carbons (Fsp3) is 0. The molecule has 10 aromatic rings. The summed E-state index contributed by atoms with van der Waals surface area (Å²) >= 11 is 0. The number of fused-ring (bicyclic) bond motifs is 6. The van der Waals surface area contributed by atoms with Crippen molar-refractivity contribution in [3.63, 3.8) is 0 Å². The van der Waals surface area contributed by atoms with Gasteiger partial charge in [-0.25, -0.2) is 15.0 Å². The standard InChI is InChI=1S/C47H29N3O/c1-3-13-30(14-4-1)36-27-28-40(43-39-21-11-12-22-42(39)51-44(36)43)47-49-45(32-15-5-2-6-16-32)48-46(50-47)33-25-23-31(24-26-33)41-29-34-17-7-8-18-35(34)37-19-9-10-20-38(37)41/h1-29H. The third-order valence-corrected chi connectivity index (χ3v) is 9.74. The van der Waals surface area contributed by atoms with E-state index in [1.807, 2.05) is 54.6 Å². The molecule has 2 aromatic heterocycles. The Bertz CT molecular complexity index is 2900. The Kier molecular flexibility index (Phi) is 6.78. The lowest BCUT2D eigenvalue weighted by Crippen LogP contribution is -2.00. The minimum absolute atomic E-state index is 0.597. The van der Waals surface area contributed by atoms with Crippen molar-refractivity contribution in [3.8, 4) is 56.4 Å². The largest absolute Gasteiger partial charge is 0.455 e. The molecule has 0 fully saturated rings. The maximum atomic E-state index is 6.57. The first-order valence-corrected chi connectivity index (χ1v) is 17.1. The van der Waals surface area contributed by atoms with E-state index < -0.39 is 0 Å². The predicted molar refractivity (Wildman–Crippen MR) is 209 cm³/mol. The summed E-state index contributed by atoms with van der Waals surface area (Å²) in [4.78, 5) is 15.3. The first-order chi connectivity index (χ1) is 25.3. The minimum Gasteiger partial charge on any atom is -0.455 e. The highest BCUT2D eigenvalue weighted by Gasteiger charge is 2.20. The summed E-state index contributed by atoms with van der Waals surface area (Å²) in [6.07, 6.45) is 0. The summed E-state index contributed by atoms with van der Waals surface area (Å²) in [5.41, 5.74) is 8.84. The molecule has 4 heteroatoms. The maximum absolute atomic E-state index is 6.57. The number of nitrogens with zero attached hydrogens (tertiary/aromatic N) is 3. The van der Waals surface area contributed by atoms with Gasteiger partial charge in [-0.1, -0.05) is 152 Å². The van der Waals surface area contributed by atoms with E-state index in [-0.39, 0.29) is 0 Å². The molecule has 0 unspecified atom stereocenters. The summed E-state index contributed by atoms with van der Waals surface area (Å²) in [5, 5.41) is 6.98. The van der Waals surface area contributed by atoms with E-state index in [0.29, 0.717) is 17.5 Å². The van der Waals surface area contributed by atoms with Crippen molar-refractivity contribution in [2.45, 2.75) is 0 Å². The van der Waals surface area contributed by atoms with Gasteiger partial charge < -0.3 is 4.42 Å². The zero-order valence-corrected chi connectivity index (χ0v) is 27.5. The second-order valence-electron chi connectivity index (χ2n) is 12.8. The molecule has 0 atom stereocenters. The van der Waals surface area contributed by atoms with Crippen LogP contribution in [0.2, 0.25) is 0 Å². The second-order valence-corrected chi connectivity index (χ2v) is 12.8. The van der Waals surface area contributed by atoms with Gasteiger partial charge in [0.1, 0.15) is 11.2 Å². The number of hydrogen-bond donors (Lipinski definition) is 0. The van der Waals surface area contributed by atoms with Crippen molar-refractivity contribution in [1.29, 1.82) is 0 Å². The molecule has 10 rings (SSSR count). The van der Waals surface area contributed by atoms with E-state index in [1.54, 1.807) is 0 Å². The molecule has 0 aliphatic carbocycles. The van der Waals surface area contributed by atoms with Crippen LogP contribution in [0, 0.1) is 0 Å². The van der Waals surface area contributed by atoms with Crippen molar-refractivity contribution in [2.75, 3.05) is 0 Å². The van der Waals surface area contributed by atoms with Crippen LogP contribution in [0.25, 0.3) is 99.9 Å². The molecule has 8 aromatic carbocycles. The van der Waals surface area contributed by atoms with Crippen molar-refractivity contribution in [2.24, 2.45) is 0 Å². The Labute approximate surface area is 294 Å². The van der Waals surface area contributed by atoms with Crippen LogP contribution >= 0.6 is 0 Å². The molecule has 238 valence electrons. The van der Waals surface area contributed by atoms with Gasteiger partial charge in [0.2, 0.25) is 0 Å². The molecule has 4 nitrogen and oxygen atoms in total. The predicted octanol–water partition coefficient (Wildman–Crippen LogP) is 12.4. The lowest BCUT2D eigenvalue weighted by Gasteiger charge is -2.12. The molecular weight excluding hydrogens is 623 g/mol. The average Bonchev–Trinajstić information content (AvgIpc) is 3.61. The molecule has 0 saturated heterocycles. The molecular formula is C47H29N3O. The van der Waals surface area contributed by atoms with Gasteiger partial charge in [0.05, 0.1) is 0 Å². The van der Waals surface area contributed by atoms with Crippen LogP contribution in [0.1, 0.15) is 0 Å². The van der Waals surface area contributed by atoms with Gasteiger partial charge in [0.25, 0.3) is 0 Å². The fourth-order valence-electron chi connectivity index (χ4n) is 7.29. The van der Waals surface area contributed by atoms with Crippen LogP contribution in [0.3, 0.4) is 0 Å². The SMILES string of the molecule is c1ccc(-c2nc(-c3ccc(-c4cc5ccccc5c5ccccc45)cc3)nc(-c3ccc(-c4ccccc4)c4oc5ccccc5c34)n2)cc1. The first-order valence-electron chi connectivity index (χ1n) is 17.1. The summed E-state index contributed by atoms with van der Waals surface area (Å²) in [6, 6.07) is 61.0. The lowest BCUT2D eigenvalue weighted by atomic mass is 9.93. The van der Waals surface area contributed by atoms with Crippen LogP contribution < -0.4 is 0 Å². The highest BCUT2D eigenvalue weighted by molar-refractivity contribution is 6.16. The molecule has 0 amide bonds. The smallest absolute Gasteiger partial charge is 0.164 e. The van der Waals surface area contributed by atoms with Gasteiger partial charge in [-0.3, -0.25) is 0 Å². The van der Waals surface area contributed by atoms with Crippen LogP contribution in [-0.4, -0.2) is 15.0 Å². The zero-order valence-electron chi connectivity index (χ0n) is 27.5. The van der Waals surface area contributed by atoms with Gasteiger partial charge in [-0.2, -0.15) is 0 Å². The van der Waals surface area contributed by atoms with Crippen LogP contribution in [0.5, 0.6) is 0 Å². The molecule has 0 aliphatic heterocycles. The van der Waals surface area contributed by atoms with Crippen molar-refractivity contribution >= 4 is 43.5 Å². The molecule has 0 bridgehead atoms. The maximum Gasteiger partial charge on any atom is 0.164 e. The zero-order chi connectivity index (χ0) is 33.7. The quantitative estimate of drug-likeness (QED) is 0.174. The Morgan fingerprint density at radius 1 is 0.333 bits per heavy atom. The van der Waals surface area contributed by atoms with E-state index in [9.17, 15) is 0 Å². The minimum atomic E-state index is 0.597. The van der Waals surface area contributed by atoms with Gasteiger partial charge in [0.15, 0.2) is 17.5 Å². The number of rotatable bonds is 5. The molecule has 0 N–H and O–H groups in total. The molecule has 51 heavy (non-hydrogen) atoms. The lowest BCUT2D eigenvalue weighted by molar-refractivity contribution is 0.670. The van der Waals surface area contributed by atoms with Crippen molar-refractivity contribution < 1.29 is 4.42 Å². The summed E-state index contributed by atoms with van der Waals surface area (Å²) < 4.78 is 6.57. The van der Waals surface area contributed by atoms with Gasteiger partial charge in [-0.05, 0) is 62.5 Å². The monoisotopic (exact) mass is 651 g/mol. The highest BCUT2D eigenvalue weighted by Crippen LogP contribution is 2.42. The van der Waals surface area contributed by atoms with E-state index in [0.717, 1.165) is 55.3 Å². The summed E-state index contributed by atoms with van der Waals surface area (Å²) in [7, 11) is 0. The van der Waals surface area contributed by atoms with E-state index in [2.05, 4.69) is 121 Å². The number of benzene rings is 8. The Balaban J connectivity index is 1.16. The van der Waals surface area contributed by atoms with E-state index in [1.165, 1.54) is 27.1 Å². The second kappa shape index (κ2) is 11.9. The number of para-hydroxylation sites is 1. The number of furan rings is 1. The van der Waals surface area contributed by atoms with Crippen LogP contribution in [-0.2, 0) is 0 Å². The molecule has 0 radical (unpaired) electrons. The van der Waals surface area contributed by atoms with Crippen molar-refractivity contribution in [1.82, 2.24) is 15.0 Å². The summed E-state index contributed by atoms with van der Waals surface area (Å²) in [6.45, 7) is 0.